The average molecular weight is 534 g/mol. The van der Waals surface area contributed by atoms with Gasteiger partial charge in [-0.25, -0.2) is 0 Å². The van der Waals surface area contributed by atoms with Gasteiger partial charge in [-0.05, 0) is 53.6 Å². The number of hydrogen-bond acceptors (Lipinski definition) is 3. The molecule has 0 aliphatic carbocycles. The Bertz CT molecular complexity index is 1080. The predicted octanol–water partition coefficient (Wildman–Crippen LogP) is 6.65. The van der Waals surface area contributed by atoms with Crippen molar-refractivity contribution in [3.05, 3.63) is 87.1 Å². The number of likely N-dealkylation sites (N-methyl/N-ethyl adjacent to an activating group) is 1. The lowest BCUT2D eigenvalue weighted by atomic mass is 10.0. The lowest BCUT2D eigenvalue weighted by molar-refractivity contribution is 0.896. The van der Waals surface area contributed by atoms with Crippen LogP contribution in [0.1, 0.15) is 11.1 Å². The van der Waals surface area contributed by atoms with E-state index in [0.29, 0.717) is 0 Å². The number of rotatable bonds is 3. The number of allylic oxidation sites excluding steroid dienone is 1. The minimum absolute atomic E-state index is 0. The van der Waals surface area contributed by atoms with Gasteiger partial charge in [0.25, 0.3) is 0 Å². The molecular weight excluding hydrogens is 514 g/mol. The van der Waals surface area contributed by atoms with E-state index in [0.717, 1.165) is 50.0 Å². The molecule has 0 bridgehead atoms. The van der Waals surface area contributed by atoms with Crippen molar-refractivity contribution in [3.8, 4) is 11.1 Å². The summed E-state index contributed by atoms with van der Waals surface area (Å²) in [6.07, 6.45) is 7.95. The Kier molecular flexibility index (Phi) is 7.28. The Labute approximate surface area is 194 Å². The van der Waals surface area contributed by atoms with Crippen LogP contribution in [0.2, 0.25) is 0 Å². The van der Waals surface area contributed by atoms with Crippen LogP contribution in [0, 0.1) is 0 Å². The summed E-state index contributed by atoms with van der Waals surface area (Å²) >= 11 is 7.15. The molecule has 0 amide bonds. The SMILES string of the molecule is CN1CCN=C(/C=C/c2cnccc2-c2cccc(Br)c2)c2ccc(Br)cc21.Cl. The molecule has 0 spiro atoms. The zero-order valence-electron chi connectivity index (χ0n) is 15.8. The Balaban J connectivity index is 0.00000240. The van der Waals surface area contributed by atoms with Gasteiger partial charge in [-0.3, -0.25) is 9.98 Å². The summed E-state index contributed by atoms with van der Waals surface area (Å²) in [6, 6.07) is 16.7. The molecule has 0 atom stereocenters. The highest BCUT2D eigenvalue weighted by Gasteiger charge is 2.15. The molecule has 0 fully saturated rings. The van der Waals surface area contributed by atoms with Crippen LogP contribution in [-0.4, -0.2) is 30.8 Å². The Morgan fingerprint density at radius 3 is 2.62 bits per heavy atom. The van der Waals surface area contributed by atoms with Crippen molar-refractivity contribution >= 4 is 61.7 Å². The molecule has 2 aromatic carbocycles. The monoisotopic (exact) mass is 531 g/mol. The lowest BCUT2D eigenvalue weighted by Gasteiger charge is -2.19. The highest BCUT2D eigenvalue weighted by molar-refractivity contribution is 9.10. The van der Waals surface area contributed by atoms with Crippen molar-refractivity contribution in [1.82, 2.24) is 4.98 Å². The third-order valence-electron chi connectivity index (χ3n) is 4.77. The van der Waals surface area contributed by atoms with Crippen molar-refractivity contribution in [2.75, 3.05) is 25.0 Å². The second-order valence-electron chi connectivity index (χ2n) is 6.66. The van der Waals surface area contributed by atoms with E-state index in [1.165, 1.54) is 5.69 Å². The minimum Gasteiger partial charge on any atom is -0.372 e. The van der Waals surface area contributed by atoms with Crippen LogP contribution in [0.5, 0.6) is 0 Å². The molecule has 148 valence electrons. The highest BCUT2D eigenvalue weighted by Crippen LogP contribution is 2.29. The zero-order chi connectivity index (χ0) is 19.5. The lowest BCUT2D eigenvalue weighted by Crippen LogP contribution is -2.20. The molecule has 0 unspecified atom stereocenters. The van der Waals surface area contributed by atoms with Gasteiger partial charge in [0.1, 0.15) is 0 Å². The van der Waals surface area contributed by atoms with Crippen LogP contribution in [0.3, 0.4) is 0 Å². The van der Waals surface area contributed by atoms with E-state index in [4.69, 9.17) is 4.99 Å². The number of hydrogen-bond donors (Lipinski definition) is 0. The number of halogens is 3. The van der Waals surface area contributed by atoms with Gasteiger partial charge in [-0.15, -0.1) is 12.4 Å². The summed E-state index contributed by atoms with van der Waals surface area (Å²) in [6.45, 7) is 1.67. The van der Waals surface area contributed by atoms with Gasteiger partial charge in [0.15, 0.2) is 0 Å². The van der Waals surface area contributed by atoms with Crippen molar-refractivity contribution in [1.29, 1.82) is 0 Å². The van der Waals surface area contributed by atoms with Crippen molar-refractivity contribution < 1.29 is 0 Å². The normalized spacial score (nSPS) is 13.5. The number of pyridine rings is 1. The Morgan fingerprint density at radius 2 is 1.79 bits per heavy atom. The van der Waals surface area contributed by atoms with Crippen LogP contribution in [-0.2, 0) is 0 Å². The Morgan fingerprint density at radius 1 is 0.966 bits per heavy atom. The van der Waals surface area contributed by atoms with E-state index < -0.39 is 0 Å². The Hall–Kier alpha value is -1.95. The molecule has 4 rings (SSSR count). The fraction of sp³-hybridized carbons (Fsp3) is 0.130. The zero-order valence-corrected chi connectivity index (χ0v) is 19.8. The third-order valence-corrected chi connectivity index (χ3v) is 5.76. The molecule has 3 nitrogen and oxygen atoms in total. The van der Waals surface area contributed by atoms with E-state index >= 15 is 0 Å². The van der Waals surface area contributed by atoms with E-state index in [2.05, 4.69) is 97.3 Å². The second kappa shape index (κ2) is 9.70. The van der Waals surface area contributed by atoms with Crippen LogP contribution in [0.4, 0.5) is 5.69 Å². The van der Waals surface area contributed by atoms with Crippen LogP contribution in [0.25, 0.3) is 17.2 Å². The fourth-order valence-corrected chi connectivity index (χ4v) is 4.08. The summed E-state index contributed by atoms with van der Waals surface area (Å²) < 4.78 is 2.14. The summed E-state index contributed by atoms with van der Waals surface area (Å²) in [5.41, 5.74) is 6.70. The van der Waals surface area contributed by atoms with Gasteiger partial charge in [0, 0.05) is 51.7 Å². The number of aliphatic imine (C=N–C) groups is 1. The van der Waals surface area contributed by atoms with Gasteiger partial charge >= 0.3 is 0 Å². The van der Waals surface area contributed by atoms with Crippen molar-refractivity contribution in [3.63, 3.8) is 0 Å². The summed E-state index contributed by atoms with van der Waals surface area (Å²) in [4.78, 5) is 11.4. The molecule has 2 heterocycles. The average Bonchev–Trinajstić information content (AvgIpc) is 2.85. The topological polar surface area (TPSA) is 28.5 Å². The van der Waals surface area contributed by atoms with Crippen LogP contribution < -0.4 is 4.90 Å². The number of benzodiazepines with no additional fused rings is 1. The van der Waals surface area contributed by atoms with E-state index in [1.807, 2.05) is 24.5 Å². The predicted molar refractivity (Wildman–Crippen MR) is 132 cm³/mol. The summed E-state index contributed by atoms with van der Waals surface area (Å²) in [5, 5.41) is 0. The van der Waals surface area contributed by atoms with Crippen molar-refractivity contribution in [2.24, 2.45) is 4.99 Å². The van der Waals surface area contributed by atoms with E-state index in [-0.39, 0.29) is 12.4 Å². The molecule has 6 heteroatoms. The second-order valence-corrected chi connectivity index (χ2v) is 8.49. The maximum atomic E-state index is 4.82. The number of fused-ring (bicyclic) bond motifs is 1. The first kappa shape index (κ1) is 21.8. The maximum Gasteiger partial charge on any atom is 0.0668 e. The number of anilines is 1. The minimum atomic E-state index is 0. The maximum absolute atomic E-state index is 4.82. The molecular formula is C23H20Br2ClN3. The largest absolute Gasteiger partial charge is 0.372 e. The molecule has 1 aliphatic heterocycles. The molecule has 29 heavy (non-hydrogen) atoms. The standard InChI is InChI=1S/C23H19Br2N3.ClH/c1-28-12-11-27-22(21-7-6-19(25)14-23(21)28)8-5-17-15-26-10-9-20(17)16-3-2-4-18(24)13-16;/h2-10,13-15H,11-12H2,1H3;1H/b8-5+;. The molecule has 0 N–H and O–H groups in total. The van der Waals surface area contributed by atoms with E-state index in [9.17, 15) is 0 Å². The van der Waals surface area contributed by atoms with Crippen molar-refractivity contribution in [2.45, 2.75) is 0 Å². The summed E-state index contributed by atoms with van der Waals surface area (Å²) in [5.74, 6) is 0. The first-order chi connectivity index (χ1) is 13.6. The molecule has 0 saturated carbocycles. The third kappa shape index (κ3) is 4.97. The van der Waals surface area contributed by atoms with Gasteiger partial charge in [-0.1, -0.05) is 50.1 Å². The van der Waals surface area contributed by atoms with E-state index in [1.54, 1.807) is 0 Å². The van der Waals surface area contributed by atoms with Crippen LogP contribution >= 0.6 is 44.3 Å². The van der Waals surface area contributed by atoms with Gasteiger partial charge in [0.05, 0.1) is 12.3 Å². The molecule has 1 aromatic heterocycles. The quantitative estimate of drug-likeness (QED) is 0.377. The first-order valence-electron chi connectivity index (χ1n) is 9.05. The van der Waals surface area contributed by atoms with Gasteiger partial charge in [-0.2, -0.15) is 0 Å². The number of nitrogens with zero attached hydrogens (tertiary/aromatic N) is 3. The van der Waals surface area contributed by atoms with Gasteiger partial charge in [0.2, 0.25) is 0 Å². The smallest absolute Gasteiger partial charge is 0.0668 e. The first-order valence-corrected chi connectivity index (χ1v) is 10.6. The van der Waals surface area contributed by atoms with Crippen LogP contribution in [0.15, 0.2) is 80.9 Å². The van der Waals surface area contributed by atoms with Gasteiger partial charge < -0.3 is 4.90 Å². The number of aromatic nitrogens is 1. The summed E-state index contributed by atoms with van der Waals surface area (Å²) in [7, 11) is 2.11. The fourth-order valence-electron chi connectivity index (χ4n) is 3.33. The molecule has 0 radical (unpaired) electrons. The molecule has 1 aliphatic rings. The number of benzene rings is 2. The molecule has 0 saturated heterocycles. The molecule has 3 aromatic rings. The highest BCUT2D eigenvalue weighted by atomic mass is 79.9.